The van der Waals surface area contributed by atoms with Crippen LogP contribution in [0.4, 0.5) is 5.69 Å². The summed E-state index contributed by atoms with van der Waals surface area (Å²) in [5.41, 5.74) is 4.63. The topological polar surface area (TPSA) is 85.8 Å². The Morgan fingerprint density at radius 1 is 1.00 bits per heavy atom. The molecule has 0 saturated carbocycles. The van der Waals surface area contributed by atoms with Crippen LogP contribution in [0.15, 0.2) is 67.0 Å². The van der Waals surface area contributed by atoms with Gasteiger partial charge in [0.2, 0.25) is 5.91 Å². The summed E-state index contributed by atoms with van der Waals surface area (Å²) in [7, 11) is 0. The normalized spacial score (nSPS) is 13.5. The lowest BCUT2D eigenvalue weighted by Crippen LogP contribution is -2.48. The Balaban J connectivity index is 1.30. The summed E-state index contributed by atoms with van der Waals surface area (Å²) < 4.78 is 0. The number of hydrogen-bond acceptors (Lipinski definition) is 5. The van der Waals surface area contributed by atoms with Gasteiger partial charge in [-0.2, -0.15) is 0 Å². The summed E-state index contributed by atoms with van der Waals surface area (Å²) in [6.45, 7) is 5.58. The quantitative estimate of drug-likeness (QED) is 0.520. The number of carbonyl (C=O) groups is 2. The average molecular weight is 473 g/mol. The van der Waals surface area contributed by atoms with E-state index in [0.717, 1.165) is 41.9 Å². The summed E-state index contributed by atoms with van der Waals surface area (Å²) in [4.78, 5) is 33.3. The molecule has 35 heavy (non-hydrogen) atoms. The molecule has 3 aromatic rings. The molecule has 7 nitrogen and oxygen atoms in total. The van der Waals surface area contributed by atoms with Gasteiger partial charge in [-0.25, -0.2) is 0 Å². The number of benzene rings is 2. The zero-order valence-electron chi connectivity index (χ0n) is 20.1. The molecule has 1 aliphatic heterocycles. The minimum absolute atomic E-state index is 0.0456. The van der Waals surface area contributed by atoms with Crippen molar-refractivity contribution in [3.05, 3.63) is 78.1 Å². The van der Waals surface area contributed by atoms with Crippen LogP contribution in [0.3, 0.4) is 0 Å². The number of hydrogen-bond donors (Lipinski definition) is 2. The molecule has 4 rings (SSSR count). The maximum atomic E-state index is 12.9. The van der Waals surface area contributed by atoms with Gasteiger partial charge in [0.25, 0.3) is 5.91 Å². The van der Waals surface area contributed by atoms with Crippen LogP contribution in [0.25, 0.3) is 11.1 Å². The van der Waals surface area contributed by atoms with E-state index in [-0.39, 0.29) is 17.6 Å². The fraction of sp³-hybridized carbons (Fsp3) is 0.321. The van der Waals surface area contributed by atoms with E-state index < -0.39 is 0 Å². The van der Waals surface area contributed by atoms with Gasteiger partial charge in [0, 0.05) is 62.2 Å². The molecule has 0 aliphatic carbocycles. The number of amides is 2. The number of aromatic hydroxyl groups is 1. The average Bonchev–Trinajstić information content (AvgIpc) is 2.90. The first-order valence-corrected chi connectivity index (χ1v) is 12.2. The van der Waals surface area contributed by atoms with Crippen molar-refractivity contribution >= 4 is 17.5 Å². The SMILES string of the molecule is CCCNC(=O)c1ccc(N2CCN(C(=O)CCc3ccccc3-c3cncc(O)c3)CC2)cc1. The second-order valence-corrected chi connectivity index (χ2v) is 8.76. The Morgan fingerprint density at radius 2 is 1.74 bits per heavy atom. The second-order valence-electron chi connectivity index (χ2n) is 8.76. The van der Waals surface area contributed by atoms with Gasteiger partial charge in [-0.05, 0) is 54.3 Å². The van der Waals surface area contributed by atoms with Crippen molar-refractivity contribution in [1.29, 1.82) is 0 Å². The molecule has 0 unspecified atom stereocenters. The van der Waals surface area contributed by atoms with Crippen molar-refractivity contribution in [2.45, 2.75) is 26.2 Å². The van der Waals surface area contributed by atoms with E-state index in [1.165, 1.54) is 6.20 Å². The smallest absolute Gasteiger partial charge is 0.251 e. The van der Waals surface area contributed by atoms with E-state index in [1.54, 1.807) is 12.3 Å². The molecule has 1 saturated heterocycles. The molecular weight excluding hydrogens is 440 g/mol. The number of pyridine rings is 1. The Hall–Kier alpha value is -3.87. The van der Waals surface area contributed by atoms with Crippen LogP contribution in [0.1, 0.15) is 35.7 Å². The predicted octanol–water partition coefficient (Wildman–Crippen LogP) is 3.88. The van der Waals surface area contributed by atoms with Crippen molar-refractivity contribution in [2.24, 2.45) is 0 Å². The summed E-state index contributed by atoms with van der Waals surface area (Å²) >= 11 is 0. The highest BCUT2D eigenvalue weighted by Gasteiger charge is 2.21. The van der Waals surface area contributed by atoms with Gasteiger partial charge in [-0.15, -0.1) is 0 Å². The Kier molecular flexibility index (Phi) is 7.98. The molecule has 0 spiro atoms. The van der Waals surface area contributed by atoms with Crippen LogP contribution in [0.2, 0.25) is 0 Å². The van der Waals surface area contributed by atoms with E-state index in [0.29, 0.717) is 38.0 Å². The molecular formula is C28H32N4O3. The molecule has 2 N–H and O–H groups in total. The first-order chi connectivity index (χ1) is 17.0. The molecule has 0 atom stereocenters. The Morgan fingerprint density at radius 3 is 2.46 bits per heavy atom. The van der Waals surface area contributed by atoms with Crippen LogP contribution in [0, 0.1) is 0 Å². The lowest BCUT2D eigenvalue weighted by molar-refractivity contribution is -0.131. The highest BCUT2D eigenvalue weighted by atomic mass is 16.3. The molecule has 2 amide bonds. The fourth-order valence-electron chi connectivity index (χ4n) is 4.37. The molecule has 1 aliphatic rings. The Bertz CT molecular complexity index is 1150. The number of aromatic nitrogens is 1. The standard InChI is InChI=1S/C28H32N4O3/c1-2-13-30-28(35)22-7-10-24(11-8-22)31-14-16-32(17-15-31)27(34)12-9-21-5-3-4-6-26(21)23-18-25(33)20-29-19-23/h3-8,10-11,18-20,33H,2,9,12-17H2,1H3,(H,30,35). The van der Waals surface area contributed by atoms with E-state index in [2.05, 4.69) is 15.2 Å². The molecule has 0 bridgehead atoms. The third-order valence-electron chi connectivity index (χ3n) is 6.32. The van der Waals surface area contributed by atoms with Crippen LogP contribution >= 0.6 is 0 Å². The molecule has 0 radical (unpaired) electrons. The second kappa shape index (κ2) is 11.5. The van der Waals surface area contributed by atoms with E-state index >= 15 is 0 Å². The van der Waals surface area contributed by atoms with Crippen molar-refractivity contribution in [3.63, 3.8) is 0 Å². The molecule has 7 heteroatoms. The van der Waals surface area contributed by atoms with Gasteiger partial charge >= 0.3 is 0 Å². The van der Waals surface area contributed by atoms with Gasteiger partial charge in [-0.3, -0.25) is 14.6 Å². The zero-order valence-corrected chi connectivity index (χ0v) is 20.1. The lowest BCUT2D eigenvalue weighted by atomic mass is 9.97. The van der Waals surface area contributed by atoms with E-state index in [9.17, 15) is 14.7 Å². The number of nitrogens with one attached hydrogen (secondary N) is 1. The largest absolute Gasteiger partial charge is 0.506 e. The molecule has 1 fully saturated rings. The fourth-order valence-corrected chi connectivity index (χ4v) is 4.37. The zero-order chi connectivity index (χ0) is 24.6. The van der Waals surface area contributed by atoms with Crippen LogP contribution in [-0.2, 0) is 11.2 Å². The van der Waals surface area contributed by atoms with Gasteiger partial charge in [0.15, 0.2) is 0 Å². The van der Waals surface area contributed by atoms with Gasteiger partial charge in [-0.1, -0.05) is 31.2 Å². The minimum Gasteiger partial charge on any atom is -0.506 e. The van der Waals surface area contributed by atoms with Crippen LogP contribution in [-0.4, -0.2) is 59.5 Å². The summed E-state index contributed by atoms with van der Waals surface area (Å²) in [6, 6.07) is 17.3. The number of carbonyl (C=O) groups excluding carboxylic acids is 2. The summed E-state index contributed by atoms with van der Waals surface area (Å²) in [6.07, 6.45) is 5.11. The highest BCUT2D eigenvalue weighted by Crippen LogP contribution is 2.27. The van der Waals surface area contributed by atoms with E-state index in [1.807, 2.05) is 60.4 Å². The van der Waals surface area contributed by atoms with Crippen molar-refractivity contribution in [2.75, 3.05) is 37.6 Å². The monoisotopic (exact) mass is 472 g/mol. The third-order valence-corrected chi connectivity index (χ3v) is 6.32. The lowest BCUT2D eigenvalue weighted by Gasteiger charge is -2.36. The van der Waals surface area contributed by atoms with Crippen molar-refractivity contribution < 1.29 is 14.7 Å². The van der Waals surface area contributed by atoms with Crippen LogP contribution in [0.5, 0.6) is 5.75 Å². The predicted molar refractivity (Wildman–Crippen MR) is 138 cm³/mol. The Labute approximate surface area is 206 Å². The van der Waals surface area contributed by atoms with Crippen LogP contribution < -0.4 is 10.2 Å². The molecule has 182 valence electrons. The molecule has 1 aromatic heterocycles. The number of anilines is 1. The van der Waals surface area contributed by atoms with Crippen molar-refractivity contribution in [1.82, 2.24) is 15.2 Å². The van der Waals surface area contributed by atoms with Gasteiger partial charge in [0.05, 0.1) is 6.20 Å². The number of rotatable bonds is 8. The maximum Gasteiger partial charge on any atom is 0.251 e. The summed E-state index contributed by atoms with van der Waals surface area (Å²) in [5, 5.41) is 12.7. The van der Waals surface area contributed by atoms with Crippen molar-refractivity contribution in [3.8, 4) is 16.9 Å². The third kappa shape index (κ3) is 6.18. The highest BCUT2D eigenvalue weighted by molar-refractivity contribution is 5.94. The first kappa shape index (κ1) is 24.3. The molecule has 2 heterocycles. The number of aryl methyl sites for hydroxylation is 1. The number of piperazine rings is 1. The van der Waals surface area contributed by atoms with Gasteiger partial charge in [0.1, 0.15) is 5.75 Å². The summed E-state index contributed by atoms with van der Waals surface area (Å²) in [5.74, 6) is 0.229. The minimum atomic E-state index is -0.0456. The number of nitrogens with zero attached hydrogens (tertiary/aromatic N) is 3. The first-order valence-electron chi connectivity index (χ1n) is 12.2. The van der Waals surface area contributed by atoms with Gasteiger partial charge < -0.3 is 20.2 Å². The molecule has 2 aromatic carbocycles. The van der Waals surface area contributed by atoms with E-state index in [4.69, 9.17) is 0 Å². The maximum absolute atomic E-state index is 12.9.